The Morgan fingerprint density at radius 1 is 1.05 bits per heavy atom. The Hall–Kier alpha value is -1.64. The van der Waals surface area contributed by atoms with Crippen LogP contribution in [0.5, 0.6) is 0 Å². The van der Waals surface area contributed by atoms with Crippen LogP contribution in [-0.2, 0) is 13.2 Å². The predicted molar refractivity (Wildman–Crippen MR) is 86.1 cm³/mol. The molecule has 1 aliphatic carbocycles. The van der Waals surface area contributed by atoms with E-state index in [4.69, 9.17) is 5.11 Å². The lowest BCUT2D eigenvalue weighted by atomic mass is 9.74. The molecular formula is C19H23NO. The van der Waals surface area contributed by atoms with E-state index in [0.29, 0.717) is 12.0 Å². The first-order valence-electron chi connectivity index (χ1n) is 7.74. The number of nitrogens with one attached hydrogen (secondary N) is 1. The average Bonchev–Trinajstić information content (AvgIpc) is 2.47. The van der Waals surface area contributed by atoms with Crippen LogP contribution in [0.3, 0.4) is 0 Å². The summed E-state index contributed by atoms with van der Waals surface area (Å²) < 4.78 is 0. The van der Waals surface area contributed by atoms with Crippen molar-refractivity contribution in [1.29, 1.82) is 0 Å². The first kappa shape index (κ1) is 14.3. The molecule has 2 N–H and O–H groups in total. The Labute approximate surface area is 126 Å². The molecular weight excluding hydrogens is 258 g/mol. The summed E-state index contributed by atoms with van der Waals surface area (Å²) in [5.41, 5.74) is 5.16. The lowest BCUT2D eigenvalue weighted by Crippen LogP contribution is -2.39. The monoisotopic (exact) mass is 281 g/mol. The van der Waals surface area contributed by atoms with E-state index in [1.165, 1.54) is 29.5 Å². The molecule has 0 aromatic heterocycles. The average molecular weight is 281 g/mol. The highest BCUT2D eigenvalue weighted by Gasteiger charge is 2.30. The van der Waals surface area contributed by atoms with Crippen LogP contribution in [0.15, 0.2) is 48.5 Å². The van der Waals surface area contributed by atoms with Crippen LogP contribution in [0, 0.1) is 6.92 Å². The summed E-state index contributed by atoms with van der Waals surface area (Å²) in [4.78, 5) is 0. The molecule has 0 saturated heterocycles. The molecule has 1 saturated carbocycles. The molecule has 0 heterocycles. The molecule has 0 atom stereocenters. The van der Waals surface area contributed by atoms with Crippen LogP contribution in [0.4, 0.5) is 0 Å². The van der Waals surface area contributed by atoms with Gasteiger partial charge in [-0.2, -0.15) is 0 Å². The summed E-state index contributed by atoms with van der Waals surface area (Å²) in [6.45, 7) is 3.21. The second-order valence-corrected chi connectivity index (χ2v) is 6.08. The third kappa shape index (κ3) is 3.34. The molecule has 110 valence electrons. The van der Waals surface area contributed by atoms with Crippen molar-refractivity contribution < 1.29 is 5.11 Å². The van der Waals surface area contributed by atoms with Crippen molar-refractivity contribution in [3.8, 4) is 0 Å². The quantitative estimate of drug-likeness (QED) is 0.879. The van der Waals surface area contributed by atoms with E-state index in [1.54, 1.807) is 0 Å². The Morgan fingerprint density at radius 2 is 1.81 bits per heavy atom. The van der Waals surface area contributed by atoms with E-state index < -0.39 is 0 Å². The lowest BCUT2D eigenvalue weighted by molar-refractivity contribution is 0.281. The maximum atomic E-state index is 9.16. The normalized spacial score (nSPS) is 21.0. The highest BCUT2D eigenvalue weighted by molar-refractivity contribution is 5.31. The number of hydrogen-bond donors (Lipinski definition) is 2. The van der Waals surface area contributed by atoms with Crippen LogP contribution in [-0.4, -0.2) is 11.1 Å². The van der Waals surface area contributed by atoms with Gasteiger partial charge in [-0.15, -0.1) is 0 Å². The summed E-state index contributed by atoms with van der Waals surface area (Å²) in [7, 11) is 0. The second-order valence-electron chi connectivity index (χ2n) is 6.08. The molecule has 3 rings (SSSR count). The van der Waals surface area contributed by atoms with Gasteiger partial charge in [0, 0.05) is 12.6 Å². The van der Waals surface area contributed by atoms with Gasteiger partial charge in [0.25, 0.3) is 0 Å². The molecule has 2 heteroatoms. The van der Waals surface area contributed by atoms with E-state index >= 15 is 0 Å². The molecule has 0 aliphatic heterocycles. The molecule has 2 aromatic rings. The maximum Gasteiger partial charge on any atom is 0.0681 e. The van der Waals surface area contributed by atoms with E-state index in [-0.39, 0.29) is 6.61 Å². The van der Waals surface area contributed by atoms with Gasteiger partial charge in [0.2, 0.25) is 0 Å². The summed E-state index contributed by atoms with van der Waals surface area (Å²) >= 11 is 0. The number of rotatable bonds is 5. The van der Waals surface area contributed by atoms with Gasteiger partial charge in [0.15, 0.2) is 0 Å². The van der Waals surface area contributed by atoms with Crippen LogP contribution < -0.4 is 5.32 Å². The summed E-state index contributed by atoms with van der Waals surface area (Å²) in [6.07, 6.45) is 2.45. The number of aliphatic hydroxyl groups excluding tert-OH is 1. The molecule has 0 unspecified atom stereocenters. The number of benzene rings is 2. The number of hydrogen-bond acceptors (Lipinski definition) is 2. The van der Waals surface area contributed by atoms with Gasteiger partial charge in [-0.25, -0.2) is 0 Å². The van der Waals surface area contributed by atoms with Gasteiger partial charge in [-0.3, -0.25) is 0 Å². The third-order valence-electron chi connectivity index (χ3n) is 4.54. The van der Waals surface area contributed by atoms with Crippen LogP contribution in [0.25, 0.3) is 0 Å². The van der Waals surface area contributed by atoms with Gasteiger partial charge < -0.3 is 10.4 Å². The first-order valence-corrected chi connectivity index (χ1v) is 7.74. The highest BCUT2D eigenvalue weighted by Crippen LogP contribution is 2.38. The van der Waals surface area contributed by atoms with Crippen molar-refractivity contribution >= 4 is 0 Å². The SMILES string of the molecule is Cc1ccccc1C1CC(NCc2cccc(CO)c2)C1. The fourth-order valence-electron chi connectivity index (χ4n) is 3.18. The zero-order valence-corrected chi connectivity index (χ0v) is 12.5. The van der Waals surface area contributed by atoms with Gasteiger partial charge in [0.1, 0.15) is 0 Å². The summed E-state index contributed by atoms with van der Waals surface area (Å²) in [5, 5.41) is 12.8. The maximum absolute atomic E-state index is 9.16. The molecule has 0 spiro atoms. The fraction of sp³-hybridized carbons (Fsp3) is 0.368. The predicted octanol–water partition coefficient (Wildman–Crippen LogP) is 3.52. The summed E-state index contributed by atoms with van der Waals surface area (Å²) in [6, 6.07) is 17.5. The molecule has 1 fully saturated rings. The highest BCUT2D eigenvalue weighted by atomic mass is 16.3. The minimum atomic E-state index is 0.118. The van der Waals surface area contributed by atoms with Crippen molar-refractivity contribution in [3.05, 3.63) is 70.8 Å². The lowest BCUT2D eigenvalue weighted by Gasteiger charge is -2.37. The van der Waals surface area contributed by atoms with Gasteiger partial charge in [-0.1, -0.05) is 48.5 Å². The van der Waals surface area contributed by atoms with E-state index in [2.05, 4.69) is 48.6 Å². The van der Waals surface area contributed by atoms with Crippen LogP contribution in [0.1, 0.15) is 41.0 Å². The van der Waals surface area contributed by atoms with E-state index in [1.807, 2.05) is 12.1 Å². The first-order chi connectivity index (χ1) is 10.3. The molecule has 2 aromatic carbocycles. The zero-order chi connectivity index (χ0) is 14.7. The van der Waals surface area contributed by atoms with Crippen molar-refractivity contribution in [2.24, 2.45) is 0 Å². The minimum Gasteiger partial charge on any atom is -0.392 e. The number of aliphatic hydroxyl groups is 1. The molecule has 2 nitrogen and oxygen atoms in total. The zero-order valence-electron chi connectivity index (χ0n) is 12.5. The Morgan fingerprint density at radius 3 is 2.57 bits per heavy atom. The molecule has 0 radical (unpaired) electrons. The van der Waals surface area contributed by atoms with Gasteiger partial charge in [-0.05, 0) is 47.9 Å². The largest absolute Gasteiger partial charge is 0.392 e. The molecule has 1 aliphatic rings. The van der Waals surface area contributed by atoms with Crippen molar-refractivity contribution in [3.63, 3.8) is 0 Å². The van der Waals surface area contributed by atoms with Crippen molar-refractivity contribution in [1.82, 2.24) is 5.32 Å². The second kappa shape index (κ2) is 6.42. The van der Waals surface area contributed by atoms with E-state index in [0.717, 1.165) is 12.1 Å². The molecule has 21 heavy (non-hydrogen) atoms. The number of aryl methyl sites for hydroxylation is 1. The van der Waals surface area contributed by atoms with Gasteiger partial charge in [0.05, 0.1) is 6.61 Å². The Bertz CT molecular complexity index is 602. The standard InChI is InChI=1S/C19H23NO/c1-14-5-2-3-8-19(14)17-10-18(11-17)20-12-15-6-4-7-16(9-15)13-21/h2-9,17-18,20-21H,10-13H2,1H3. The Kier molecular flexibility index (Phi) is 4.37. The van der Waals surface area contributed by atoms with Crippen molar-refractivity contribution in [2.45, 2.75) is 44.9 Å². The smallest absolute Gasteiger partial charge is 0.0681 e. The van der Waals surface area contributed by atoms with Crippen molar-refractivity contribution in [2.75, 3.05) is 0 Å². The minimum absolute atomic E-state index is 0.118. The van der Waals surface area contributed by atoms with Gasteiger partial charge >= 0.3 is 0 Å². The summed E-state index contributed by atoms with van der Waals surface area (Å²) in [5.74, 6) is 0.715. The molecule has 0 amide bonds. The third-order valence-corrected chi connectivity index (χ3v) is 4.54. The Balaban J connectivity index is 1.50. The van der Waals surface area contributed by atoms with Crippen LogP contribution in [0.2, 0.25) is 0 Å². The van der Waals surface area contributed by atoms with Crippen LogP contribution >= 0.6 is 0 Å². The molecule has 0 bridgehead atoms. The van der Waals surface area contributed by atoms with E-state index in [9.17, 15) is 0 Å². The fourth-order valence-corrected chi connectivity index (χ4v) is 3.18. The topological polar surface area (TPSA) is 32.3 Å².